The molecule has 3 rings (SSSR count). The average molecular weight is 235 g/mol. The number of rotatable bonds is 2. The Labute approximate surface area is 96.4 Å². The van der Waals surface area contributed by atoms with E-state index in [1.807, 2.05) is 12.1 Å². The minimum absolute atomic E-state index is 0.446. The van der Waals surface area contributed by atoms with Gasteiger partial charge in [-0.15, -0.1) is 11.8 Å². The predicted octanol–water partition coefficient (Wildman–Crippen LogP) is 1.31. The Bertz CT molecular complexity index is 482. The number of carbonyl (C=O) groups is 2. The van der Waals surface area contributed by atoms with Crippen molar-refractivity contribution < 1.29 is 14.3 Å². The molecule has 0 radical (unpaired) electrons. The Morgan fingerprint density at radius 3 is 2.81 bits per heavy atom. The Balaban J connectivity index is 1.86. The molecule has 1 aromatic rings. The average Bonchev–Trinajstić information content (AvgIpc) is 2.49. The summed E-state index contributed by atoms with van der Waals surface area (Å²) >= 11 is 1.71. The standard InChI is InChI=1S/C11H9NO3S/c13-10-8-2-1-6(16-7-4-15-5-7)3-9(8)12-11(10)14/h1-3,7H,4-5H2,(H,12,13,14). The van der Waals surface area contributed by atoms with Crippen LogP contribution in [0.2, 0.25) is 0 Å². The highest BCUT2D eigenvalue weighted by molar-refractivity contribution is 8.00. The molecule has 0 atom stereocenters. The Hall–Kier alpha value is -1.33. The number of thioether (sulfide) groups is 1. The van der Waals surface area contributed by atoms with Crippen molar-refractivity contribution in [2.24, 2.45) is 0 Å². The summed E-state index contributed by atoms with van der Waals surface area (Å²) in [4.78, 5) is 23.6. The molecule has 0 spiro atoms. The molecular formula is C11H9NO3S. The zero-order chi connectivity index (χ0) is 11.1. The first-order valence-electron chi connectivity index (χ1n) is 4.98. The molecule has 4 nitrogen and oxygen atoms in total. The van der Waals surface area contributed by atoms with Gasteiger partial charge in [0.2, 0.25) is 0 Å². The summed E-state index contributed by atoms with van der Waals surface area (Å²) < 4.78 is 5.09. The molecule has 0 aromatic heterocycles. The number of ketones is 1. The molecule has 0 unspecified atom stereocenters. The van der Waals surface area contributed by atoms with E-state index in [1.54, 1.807) is 17.8 Å². The summed E-state index contributed by atoms with van der Waals surface area (Å²) in [7, 11) is 0. The van der Waals surface area contributed by atoms with Crippen LogP contribution in [0.4, 0.5) is 5.69 Å². The summed E-state index contributed by atoms with van der Waals surface area (Å²) in [6.45, 7) is 1.54. The molecule has 16 heavy (non-hydrogen) atoms. The van der Waals surface area contributed by atoms with Crippen LogP contribution in [0.25, 0.3) is 0 Å². The molecule has 1 aromatic carbocycles. The first-order chi connectivity index (χ1) is 7.74. The number of benzene rings is 1. The van der Waals surface area contributed by atoms with E-state index in [1.165, 1.54) is 0 Å². The highest BCUT2D eigenvalue weighted by Gasteiger charge is 2.28. The van der Waals surface area contributed by atoms with E-state index in [-0.39, 0.29) is 0 Å². The van der Waals surface area contributed by atoms with Crippen LogP contribution in [0.15, 0.2) is 23.1 Å². The van der Waals surface area contributed by atoms with Crippen LogP contribution < -0.4 is 5.32 Å². The van der Waals surface area contributed by atoms with Gasteiger partial charge in [-0.3, -0.25) is 9.59 Å². The lowest BCUT2D eigenvalue weighted by atomic mass is 10.1. The first-order valence-corrected chi connectivity index (χ1v) is 5.86. The molecule has 0 aliphatic carbocycles. The van der Waals surface area contributed by atoms with Crippen LogP contribution in [0, 0.1) is 0 Å². The summed E-state index contributed by atoms with van der Waals surface area (Å²) in [5.74, 6) is -0.984. The van der Waals surface area contributed by atoms with Gasteiger partial charge in [-0.25, -0.2) is 0 Å². The smallest absolute Gasteiger partial charge is 0.296 e. The second-order valence-electron chi connectivity index (χ2n) is 3.77. The fraction of sp³-hybridized carbons (Fsp3) is 0.273. The molecular weight excluding hydrogens is 226 g/mol. The van der Waals surface area contributed by atoms with E-state index in [2.05, 4.69) is 5.32 Å². The number of carbonyl (C=O) groups excluding carboxylic acids is 2. The van der Waals surface area contributed by atoms with Crippen LogP contribution in [-0.2, 0) is 9.53 Å². The summed E-state index contributed by atoms with van der Waals surface area (Å²) in [6, 6.07) is 5.43. The van der Waals surface area contributed by atoms with Gasteiger partial charge in [0, 0.05) is 4.90 Å². The van der Waals surface area contributed by atoms with Crippen LogP contribution in [0.1, 0.15) is 10.4 Å². The molecule has 0 bridgehead atoms. The van der Waals surface area contributed by atoms with Crippen molar-refractivity contribution in [1.82, 2.24) is 0 Å². The van der Waals surface area contributed by atoms with Crippen molar-refractivity contribution in [3.8, 4) is 0 Å². The van der Waals surface area contributed by atoms with Gasteiger partial charge in [0.15, 0.2) is 0 Å². The van der Waals surface area contributed by atoms with Crippen molar-refractivity contribution in [3.63, 3.8) is 0 Å². The Morgan fingerprint density at radius 2 is 2.12 bits per heavy atom. The van der Waals surface area contributed by atoms with Crippen molar-refractivity contribution in [2.45, 2.75) is 10.1 Å². The number of hydrogen-bond donors (Lipinski definition) is 1. The van der Waals surface area contributed by atoms with Crippen LogP contribution >= 0.6 is 11.8 Å². The lowest BCUT2D eigenvalue weighted by Crippen LogP contribution is -2.29. The molecule has 82 valence electrons. The number of hydrogen-bond acceptors (Lipinski definition) is 4. The maximum atomic E-state index is 11.4. The number of nitrogens with one attached hydrogen (secondary N) is 1. The zero-order valence-electron chi connectivity index (χ0n) is 8.36. The molecule has 2 heterocycles. The molecule has 5 heteroatoms. The molecule has 0 saturated carbocycles. The fourth-order valence-electron chi connectivity index (χ4n) is 1.67. The SMILES string of the molecule is O=C1Nc2cc(SC3COC3)ccc2C1=O. The lowest BCUT2D eigenvalue weighted by Gasteiger charge is -2.25. The maximum absolute atomic E-state index is 11.4. The number of fused-ring (bicyclic) bond motifs is 1. The van der Waals surface area contributed by atoms with Gasteiger partial charge in [-0.05, 0) is 18.2 Å². The zero-order valence-corrected chi connectivity index (χ0v) is 9.17. The molecule has 1 fully saturated rings. The molecule has 2 aliphatic rings. The third-order valence-electron chi connectivity index (χ3n) is 2.60. The largest absolute Gasteiger partial charge is 0.379 e. The normalized spacial score (nSPS) is 19.2. The van der Waals surface area contributed by atoms with E-state index in [9.17, 15) is 9.59 Å². The van der Waals surface area contributed by atoms with Crippen molar-refractivity contribution in [1.29, 1.82) is 0 Å². The van der Waals surface area contributed by atoms with E-state index in [0.29, 0.717) is 16.5 Å². The minimum atomic E-state index is -0.538. The highest BCUT2D eigenvalue weighted by Crippen LogP contribution is 2.33. The van der Waals surface area contributed by atoms with E-state index >= 15 is 0 Å². The number of anilines is 1. The highest BCUT2D eigenvalue weighted by atomic mass is 32.2. The van der Waals surface area contributed by atoms with Gasteiger partial charge in [0.1, 0.15) is 0 Å². The third-order valence-corrected chi connectivity index (χ3v) is 3.73. The van der Waals surface area contributed by atoms with Crippen LogP contribution in [0.5, 0.6) is 0 Å². The second kappa shape index (κ2) is 3.61. The topological polar surface area (TPSA) is 55.4 Å². The van der Waals surface area contributed by atoms with E-state index in [0.717, 1.165) is 18.1 Å². The number of Topliss-reactive ketones (excluding diaryl/α,β-unsaturated/α-hetero) is 1. The molecule has 2 aliphatic heterocycles. The number of amides is 1. The van der Waals surface area contributed by atoms with Gasteiger partial charge in [0.05, 0.1) is 29.7 Å². The van der Waals surface area contributed by atoms with Gasteiger partial charge >= 0.3 is 0 Å². The van der Waals surface area contributed by atoms with Gasteiger partial charge in [0.25, 0.3) is 11.7 Å². The van der Waals surface area contributed by atoms with Gasteiger partial charge < -0.3 is 10.1 Å². The first kappa shape index (κ1) is 9.86. The van der Waals surface area contributed by atoms with Gasteiger partial charge in [-0.2, -0.15) is 0 Å². The molecule has 1 amide bonds. The summed E-state index contributed by atoms with van der Waals surface area (Å²) in [5.41, 5.74) is 1.10. The monoisotopic (exact) mass is 235 g/mol. The van der Waals surface area contributed by atoms with E-state index in [4.69, 9.17) is 4.74 Å². The molecule has 1 N–H and O–H groups in total. The maximum Gasteiger partial charge on any atom is 0.296 e. The fourth-order valence-corrected chi connectivity index (χ4v) is 2.72. The van der Waals surface area contributed by atoms with Crippen molar-refractivity contribution >= 4 is 29.1 Å². The van der Waals surface area contributed by atoms with Crippen molar-refractivity contribution in [2.75, 3.05) is 18.5 Å². The lowest BCUT2D eigenvalue weighted by molar-refractivity contribution is -0.112. The van der Waals surface area contributed by atoms with Gasteiger partial charge in [-0.1, -0.05) is 0 Å². The summed E-state index contributed by atoms with van der Waals surface area (Å²) in [5, 5.41) is 3.06. The third kappa shape index (κ3) is 1.52. The van der Waals surface area contributed by atoms with Crippen LogP contribution in [-0.4, -0.2) is 30.2 Å². The van der Waals surface area contributed by atoms with E-state index < -0.39 is 11.7 Å². The van der Waals surface area contributed by atoms with Crippen molar-refractivity contribution in [3.05, 3.63) is 23.8 Å². The molecule has 1 saturated heterocycles. The Morgan fingerprint density at radius 1 is 1.31 bits per heavy atom. The second-order valence-corrected chi connectivity index (χ2v) is 5.14. The minimum Gasteiger partial charge on any atom is -0.379 e. The predicted molar refractivity (Wildman–Crippen MR) is 59.9 cm³/mol. The van der Waals surface area contributed by atoms with Crippen LogP contribution in [0.3, 0.4) is 0 Å². The Kier molecular flexibility index (Phi) is 2.22. The number of ether oxygens (including phenoxy) is 1. The summed E-state index contributed by atoms with van der Waals surface area (Å²) in [6.07, 6.45) is 0. The quantitative estimate of drug-likeness (QED) is 0.785.